The summed E-state index contributed by atoms with van der Waals surface area (Å²) in [6.45, 7) is 1.65. The monoisotopic (exact) mass is 264 g/mol. The second-order valence-electron chi connectivity index (χ2n) is 3.99. The van der Waals surface area contributed by atoms with Crippen LogP contribution in [0.5, 0.6) is 11.5 Å². The lowest BCUT2D eigenvalue weighted by atomic mass is 10.1. The van der Waals surface area contributed by atoms with Gasteiger partial charge in [0.25, 0.3) is 0 Å². The minimum atomic E-state index is -1.05. The molecule has 0 atom stereocenters. The second kappa shape index (κ2) is 5.06. The van der Waals surface area contributed by atoms with Crippen LogP contribution in [0.1, 0.15) is 15.9 Å². The molecule has 1 N–H and O–H groups in total. The zero-order chi connectivity index (χ0) is 14.0. The molecule has 5 heteroatoms. The maximum absolute atomic E-state index is 13.0. The highest BCUT2D eigenvalue weighted by Crippen LogP contribution is 2.27. The first-order valence-corrected chi connectivity index (χ1v) is 5.43. The van der Waals surface area contributed by atoms with Gasteiger partial charge in [0.2, 0.25) is 0 Å². The zero-order valence-corrected chi connectivity index (χ0v) is 9.98. The van der Waals surface area contributed by atoms with Gasteiger partial charge in [-0.05, 0) is 30.7 Å². The predicted molar refractivity (Wildman–Crippen MR) is 64.6 cm³/mol. The van der Waals surface area contributed by atoms with Gasteiger partial charge in [-0.25, -0.2) is 13.6 Å². The molecule has 3 nitrogen and oxygen atoms in total. The van der Waals surface area contributed by atoms with Crippen molar-refractivity contribution in [2.45, 2.75) is 6.92 Å². The Bertz CT molecular complexity index is 618. The number of rotatable bonds is 3. The van der Waals surface area contributed by atoms with Crippen molar-refractivity contribution in [2.24, 2.45) is 0 Å². The molecule has 2 rings (SSSR count). The minimum Gasteiger partial charge on any atom is -0.478 e. The van der Waals surface area contributed by atoms with E-state index in [2.05, 4.69) is 0 Å². The molecule has 0 aliphatic heterocycles. The standard InChI is InChI=1S/C14H10F2O3/c1-8-4-9(14(17)18)2-3-13(8)19-12-6-10(15)5-11(16)7-12/h2-7H,1H3,(H,17,18). The molecule has 0 radical (unpaired) electrons. The van der Waals surface area contributed by atoms with E-state index < -0.39 is 17.6 Å². The highest BCUT2D eigenvalue weighted by Gasteiger charge is 2.08. The van der Waals surface area contributed by atoms with E-state index >= 15 is 0 Å². The summed E-state index contributed by atoms with van der Waals surface area (Å²) in [5, 5.41) is 8.82. The van der Waals surface area contributed by atoms with E-state index in [9.17, 15) is 13.6 Å². The maximum Gasteiger partial charge on any atom is 0.335 e. The predicted octanol–water partition coefficient (Wildman–Crippen LogP) is 3.76. The average Bonchev–Trinajstić information content (AvgIpc) is 2.30. The maximum atomic E-state index is 13.0. The number of ether oxygens (including phenoxy) is 1. The van der Waals surface area contributed by atoms with Gasteiger partial charge in [0, 0.05) is 18.2 Å². The van der Waals surface area contributed by atoms with E-state index in [4.69, 9.17) is 9.84 Å². The molecule has 0 aliphatic rings. The Morgan fingerprint density at radius 1 is 1.11 bits per heavy atom. The number of hydrogen-bond donors (Lipinski definition) is 1. The van der Waals surface area contributed by atoms with E-state index in [0.29, 0.717) is 11.3 Å². The van der Waals surface area contributed by atoms with E-state index in [1.54, 1.807) is 6.92 Å². The fraction of sp³-hybridized carbons (Fsp3) is 0.0714. The number of aromatic carboxylic acids is 1. The Morgan fingerprint density at radius 2 is 1.74 bits per heavy atom. The Hall–Kier alpha value is -2.43. The van der Waals surface area contributed by atoms with Gasteiger partial charge in [-0.15, -0.1) is 0 Å². The molecule has 0 amide bonds. The van der Waals surface area contributed by atoms with Gasteiger partial charge in [0.15, 0.2) is 0 Å². The largest absolute Gasteiger partial charge is 0.478 e. The quantitative estimate of drug-likeness (QED) is 0.918. The SMILES string of the molecule is Cc1cc(C(=O)O)ccc1Oc1cc(F)cc(F)c1. The van der Waals surface area contributed by atoms with Crippen LogP contribution in [0, 0.1) is 18.6 Å². The van der Waals surface area contributed by atoms with Crippen LogP contribution in [-0.4, -0.2) is 11.1 Å². The van der Waals surface area contributed by atoms with Crippen LogP contribution in [0.3, 0.4) is 0 Å². The lowest BCUT2D eigenvalue weighted by Gasteiger charge is -2.09. The van der Waals surface area contributed by atoms with Gasteiger partial charge in [-0.3, -0.25) is 0 Å². The lowest BCUT2D eigenvalue weighted by Crippen LogP contribution is -1.97. The molecular formula is C14H10F2O3. The molecule has 98 valence electrons. The van der Waals surface area contributed by atoms with Crippen molar-refractivity contribution in [3.63, 3.8) is 0 Å². The molecule has 0 spiro atoms. The van der Waals surface area contributed by atoms with E-state index in [-0.39, 0.29) is 11.3 Å². The van der Waals surface area contributed by atoms with Crippen LogP contribution in [0.15, 0.2) is 36.4 Å². The molecule has 0 fully saturated rings. The Labute approximate surface area is 108 Å². The van der Waals surface area contributed by atoms with E-state index in [1.807, 2.05) is 0 Å². The molecule has 0 aliphatic carbocycles. The first kappa shape index (κ1) is 13.0. The smallest absolute Gasteiger partial charge is 0.335 e. The number of benzene rings is 2. The molecule has 2 aromatic carbocycles. The van der Waals surface area contributed by atoms with Gasteiger partial charge >= 0.3 is 5.97 Å². The molecule has 0 aromatic heterocycles. The van der Waals surface area contributed by atoms with Gasteiger partial charge in [-0.1, -0.05) is 0 Å². The molecule has 0 unspecified atom stereocenters. The van der Waals surface area contributed by atoms with E-state index in [1.165, 1.54) is 18.2 Å². The fourth-order valence-corrected chi connectivity index (χ4v) is 1.61. The van der Waals surface area contributed by atoms with Crippen LogP contribution < -0.4 is 4.74 Å². The molecule has 0 saturated carbocycles. The summed E-state index contributed by atoms with van der Waals surface area (Å²) in [6, 6.07) is 7.07. The third-order valence-electron chi connectivity index (χ3n) is 2.49. The van der Waals surface area contributed by atoms with Crippen LogP contribution in [0.2, 0.25) is 0 Å². The summed E-state index contributed by atoms with van der Waals surface area (Å²) in [6.07, 6.45) is 0. The van der Waals surface area contributed by atoms with Crippen LogP contribution in [0.4, 0.5) is 8.78 Å². The molecular weight excluding hydrogens is 254 g/mol. The molecule has 0 bridgehead atoms. The highest BCUT2D eigenvalue weighted by molar-refractivity contribution is 5.88. The molecule has 0 saturated heterocycles. The summed E-state index contributed by atoms with van der Waals surface area (Å²) < 4.78 is 31.3. The van der Waals surface area contributed by atoms with Gasteiger partial charge in [-0.2, -0.15) is 0 Å². The van der Waals surface area contributed by atoms with E-state index in [0.717, 1.165) is 18.2 Å². The first-order chi connectivity index (χ1) is 8.95. The number of halogens is 2. The third kappa shape index (κ3) is 3.07. The first-order valence-electron chi connectivity index (χ1n) is 5.43. The van der Waals surface area contributed by atoms with Crippen molar-refractivity contribution in [2.75, 3.05) is 0 Å². The summed E-state index contributed by atoms with van der Waals surface area (Å²) in [7, 11) is 0. The Morgan fingerprint density at radius 3 is 2.26 bits per heavy atom. The average molecular weight is 264 g/mol. The number of carboxylic acid groups (broad SMARTS) is 1. The zero-order valence-electron chi connectivity index (χ0n) is 9.98. The molecule has 2 aromatic rings. The number of carbonyl (C=O) groups is 1. The molecule has 19 heavy (non-hydrogen) atoms. The minimum absolute atomic E-state index is 0.0173. The van der Waals surface area contributed by atoms with Crippen molar-refractivity contribution < 1.29 is 23.4 Å². The summed E-state index contributed by atoms with van der Waals surface area (Å²) in [5.74, 6) is -2.17. The van der Waals surface area contributed by atoms with Crippen molar-refractivity contribution in [1.29, 1.82) is 0 Å². The summed E-state index contributed by atoms with van der Waals surface area (Å²) in [4.78, 5) is 10.8. The number of aryl methyl sites for hydroxylation is 1. The van der Waals surface area contributed by atoms with Gasteiger partial charge < -0.3 is 9.84 Å². The number of carboxylic acids is 1. The second-order valence-corrected chi connectivity index (χ2v) is 3.99. The third-order valence-corrected chi connectivity index (χ3v) is 2.49. The van der Waals surface area contributed by atoms with Gasteiger partial charge in [0.05, 0.1) is 5.56 Å². The van der Waals surface area contributed by atoms with Crippen molar-refractivity contribution in [3.05, 3.63) is 59.2 Å². The van der Waals surface area contributed by atoms with Crippen molar-refractivity contribution in [1.82, 2.24) is 0 Å². The Kier molecular flexibility index (Phi) is 3.46. The van der Waals surface area contributed by atoms with Crippen LogP contribution in [-0.2, 0) is 0 Å². The molecule has 0 heterocycles. The lowest BCUT2D eigenvalue weighted by molar-refractivity contribution is 0.0697. The summed E-state index contributed by atoms with van der Waals surface area (Å²) in [5.41, 5.74) is 0.680. The van der Waals surface area contributed by atoms with Crippen molar-refractivity contribution in [3.8, 4) is 11.5 Å². The normalized spacial score (nSPS) is 10.3. The number of hydrogen-bond acceptors (Lipinski definition) is 2. The van der Waals surface area contributed by atoms with Crippen molar-refractivity contribution >= 4 is 5.97 Å². The topological polar surface area (TPSA) is 46.5 Å². The van der Waals surface area contributed by atoms with Crippen LogP contribution >= 0.6 is 0 Å². The van der Waals surface area contributed by atoms with Gasteiger partial charge in [0.1, 0.15) is 23.1 Å². The fourth-order valence-electron chi connectivity index (χ4n) is 1.61. The summed E-state index contributed by atoms with van der Waals surface area (Å²) >= 11 is 0. The van der Waals surface area contributed by atoms with Crippen LogP contribution in [0.25, 0.3) is 0 Å². The highest BCUT2D eigenvalue weighted by atomic mass is 19.1. The Balaban J connectivity index is 2.30.